The van der Waals surface area contributed by atoms with Gasteiger partial charge in [0.15, 0.2) is 0 Å². The van der Waals surface area contributed by atoms with Gasteiger partial charge in [0.1, 0.15) is 5.82 Å². The fourth-order valence-corrected chi connectivity index (χ4v) is 2.08. The minimum absolute atomic E-state index is 0.239. The lowest BCUT2D eigenvalue weighted by Crippen LogP contribution is -1.91. The average Bonchev–Trinajstić information content (AvgIpc) is 2.41. The number of nitrogens with zero attached hydrogens (tertiary/aromatic N) is 1. The molecule has 0 radical (unpaired) electrons. The number of benzene rings is 2. The van der Waals surface area contributed by atoms with E-state index < -0.39 is 0 Å². The highest BCUT2D eigenvalue weighted by molar-refractivity contribution is 6.00. The maximum Gasteiger partial charge on any atom is 0.123 e. The van der Waals surface area contributed by atoms with Crippen LogP contribution in [0.3, 0.4) is 0 Å². The molecule has 0 amide bonds. The number of anilines is 1. The Bertz CT molecular complexity index is 705. The number of aromatic nitrogens is 1. The monoisotopic (exact) mass is 238 g/mol. The molecule has 3 heteroatoms. The van der Waals surface area contributed by atoms with Gasteiger partial charge in [0.25, 0.3) is 0 Å². The maximum atomic E-state index is 12.9. The number of hydrogen-bond donors (Lipinski definition) is 1. The van der Waals surface area contributed by atoms with Crippen molar-refractivity contribution in [3.63, 3.8) is 0 Å². The smallest absolute Gasteiger partial charge is 0.123 e. The van der Waals surface area contributed by atoms with E-state index in [1.54, 1.807) is 18.3 Å². The Kier molecular flexibility index (Phi) is 2.45. The van der Waals surface area contributed by atoms with Crippen LogP contribution in [0.15, 0.2) is 54.7 Å². The zero-order valence-electron chi connectivity index (χ0n) is 9.60. The molecule has 0 saturated heterocycles. The number of hydrogen-bond acceptors (Lipinski definition) is 2. The van der Waals surface area contributed by atoms with Crippen LogP contribution >= 0.6 is 0 Å². The molecule has 0 spiro atoms. The van der Waals surface area contributed by atoms with Crippen molar-refractivity contribution >= 4 is 16.6 Å². The average molecular weight is 238 g/mol. The molecule has 2 aromatic carbocycles. The molecular formula is C15H11FN2. The Labute approximate surface area is 104 Å². The lowest BCUT2D eigenvalue weighted by Gasteiger charge is -2.08. The molecule has 2 N–H and O–H groups in total. The molecule has 1 heterocycles. The Morgan fingerprint density at radius 2 is 1.72 bits per heavy atom. The lowest BCUT2D eigenvalue weighted by atomic mass is 10.00. The second kappa shape index (κ2) is 4.11. The first-order chi connectivity index (χ1) is 8.75. The zero-order chi connectivity index (χ0) is 12.5. The predicted molar refractivity (Wildman–Crippen MR) is 71.5 cm³/mol. The number of rotatable bonds is 1. The summed E-state index contributed by atoms with van der Waals surface area (Å²) in [5.41, 5.74) is 9.29. The van der Waals surface area contributed by atoms with Gasteiger partial charge in [0.05, 0.1) is 11.2 Å². The molecule has 0 fully saturated rings. The molecule has 0 saturated carbocycles. The van der Waals surface area contributed by atoms with Gasteiger partial charge in [-0.2, -0.15) is 0 Å². The van der Waals surface area contributed by atoms with Crippen molar-refractivity contribution in [2.45, 2.75) is 0 Å². The molecular weight excluding hydrogens is 227 g/mol. The first kappa shape index (κ1) is 10.7. The van der Waals surface area contributed by atoms with Gasteiger partial charge in [0.2, 0.25) is 0 Å². The SMILES string of the molecule is Nc1ccc(-c2ccc(F)cc2)c2cccnc12. The van der Waals surface area contributed by atoms with Crippen molar-refractivity contribution < 1.29 is 4.39 Å². The lowest BCUT2D eigenvalue weighted by molar-refractivity contribution is 0.628. The summed E-state index contributed by atoms with van der Waals surface area (Å²) in [5, 5.41) is 0.976. The molecule has 0 aliphatic rings. The van der Waals surface area contributed by atoms with Crippen molar-refractivity contribution in [2.24, 2.45) is 0 Å². The van der Waals surface area contributed by atoms with Crippen LogP contribution in [-0.4, -0.2) is 4.98 Å². The van der Waals surface area contributed by atoms with Gasteiger partial charge >= 0.3 is 0 Å². The standard InChI is InChI=1S/C15H11FN2/c16-11-5-3-10(4-6-11)12-7-8-14(17)15-13(12)2-1-9-18-15/h1-9H,17H2. The Balaban J connectivity index is 2.30. The molecule has 0 unspecified atom stereocenters. The molecule has 2 nitrogen and oxygen atoms in total. The summed E-state index contributed by atoms with van der Waals surface area (Å²) in [6, 6.07) is 14.0. The largest absolute Gasteiger partial charge is 0.397 e. The number of fused-ring (bicyclic) bond motifs is 1. The van der Waals surface area contributed by atoms with E-state index in [9.17, 15) is 4.39 Å². The van der Waals surface area contributed by atoms with Crippen molar-refractivity contribution in [2.75, 3.05) is 5.73 Å². The van der Waals surface area contributed by atoms with E-state index in [2.05, 4.69) is 4.98 Å². The van der Waals surface area contributed by atoms with Crippen LogP contribution in [0, 0.1) is 5.82 Å². The highest BCUT2D eigenvalue weighted by atomic mass is 19.1. The maximum absolute atomic E-state index is 12.9. The van der Waals surface area contributed by atoms with Crippen LogP contribution < -0.4 is 5.73 Å². The highest BCUT2D eigenvalue weighted by Crippen LogP contribution is 2.30. The molecule has 0 aliphatic carbocycles. The third-order valence-corrected chi connectivity index (χ3v) is 2.96. The van der Waals surface area contributed by atoms with Crippen molar-refractivity contribution in [1.82, 2.24) is 4.98 Å². The number of halogens is 1. The molecule has 1 aromatic heterocycles. The predicted octanol–water partition coefficient (Wildman–Crippen LogP) is 3.62. The summed E-state index contributed by atoms with van der Waals surface area (Å²) in [7, 11) is 0. The molecule has 18 heavy (non-hydrogen) atoms. The van der Waals surface area contributed by atoms with Crippen LogP contribution in [0.1, 0.15) is 0 Å². The quantitative estimate of drug-likeness (QED) is 0.657. The van der Waals surface area contributed by atoms with Gasteiger partial charge in [-0.05, 0) is 35.4 Å². The molecule has 0 atom stereocenters. The van der Waals surface area contributed by atoms with E-state index in [0.29, 0.717) is 5.69 Å². The number of pyridine rings is 1. The molecule has 0 aliphatic heterocycles. The van der Waals surface area contributed by atoms with Crippen molar-refractivity contribution in [1.29, 1.82) is 0 Å². The first-order valence-corrected chi connectivity index (χ1v) is 5.65. The van der Waals surface area contributed by atoms with Gasteiger partial charge in [-0.1, -0.05) is 24.3 Å². The third-order valence-electron chi connectivity index (χ3n) is 2.96. The van der Waals surface area contributed by atoms with E-state index in [-0.39, 0.29) is 5.82 Å². The Hall–Kier alpha value is -2.42. The highest BCUT2D eigenvalue weighted by Gasteiger charge is 2.06. The van der Waals surface area contributed by atoms with Crippen molar-refractivity contribution in [3.05, 3.63) is 60.5 Å². The topological polar surface area (TPSA) is 38.9 Å². The summed E-state index contributed by atoms with van der Waals surface area (Å²) in [6.45, 7) is 0. The summed E-state index contributed by atoms with van der Waals surface area (Å²) in [4.78, 5) is 4.29. The van der Waals surface area contributed by atoms with Crippen LogP contribution in [0.25, 0.3) is 22.0 Å². The van der Waals surface area contributed by atoms with Crippen LogP contribution in [0.4, 0.5) is 10.1 Å². The third kappa shape index (κ3) is 1.70. The molecule has 3 aromatic rings. The van der Waals surface area contributed by atoms with Gasteiger partial charge in [-0.15, -0.1) is 0 Å². The van der Waals surface area contributed by atoms with Crippen LogP contribution in [0.5, 0.6) is 0 Å². The second-order valence-corrected chi connectivity index (χ2v) is 4.11. The Morgan fingerprint density at radius 3 is 2.50 bits per heavy atom. The van der Waals surface area contributed by atoms with Gasteiger partial charge < -0.3 is 5.73 Å². The van der Waals surface area contributed by atoms with Crippen molar-refractivity contribution in [3.8, 4) is 11.1 Å². The van der Waals surface area contributed by atoms with Gasteiger partial charge in [-0.3, -0.25) is 4.98 Å². The van der Waals surface area contributed by atoms with E-state index >= 15 is 0 Å². The number of nitrogens with two attached hydrogens (primary N) is 1. The summed E-state index contributed by atoms with van der Waals surface area (Å²) >= 11 is 0. The first-order valence-electron chi connectivity index (χ1n) is 5.65. The summed E-state index contributed by atoms with van der Waals surface area (Å²) < 4.78 is 12.9. The van der Waals surface area contributed by atoms with E-state index in [4.69, 9.17) is 5.73 Å². The molecule has 3 rings (SSSR count). The number of nitrogen functional groups attached to an aromatic ring is 1. The minimum Gasteiger partial charge on any atom is -0.397 e. The van der Waals surface area contributed by atoms with E-state index in [1.807, 2.05) is 24.3 Å². The molecule has 88 valence electrons. The van der Waals surface area contributed by atoms with Gasteiger partial charge in [0, 0.05) is 11.6 Å². The van der Waals surface area contributed by atoms with E-state index in [0.717, 1.165) is 22.0 Å². The molecule has 0 bridgehead atoms. The van der Waals surface area contributed by atoms with Crippen LogP contribution in [0.2, 0.25) is 0 Å². The zero-order valence-corrected chi connectivity index (χ0v) is 9.60. The second-order valence-electron chi connectivity index (χ2n) is 4.11. The summed E-state index contributed by atoms with van der Waals surface area (Å²) in [6.07, 6.45) is 1.72. The fourth-order valence-electron chi connectivity index (χ4n) is 2.08. The summed E-state index contributed by atoms with van der Waals surface area (Å²) in [5.74, 6) is -0.239. The normalized spacial score (nSPS) is 10.7. The Morgan fingerprint density at radius 1 is 0.944 bits per heavy atom. The minimum atomic E-state index is -0.239. The van der Waals surface area contributed by atoms with Crippen LogP contribution in [-0.2, 0) is 0 Å². The fraction of sp³-hybridized carbons (Fsp3) is 0. The van der Waals surface area contributed by atoms with Gasteiger partial charge in [-0.25, -0.2) is 4.39 Å². The van der Waals surface area contributed by atoms with E-state index in [1.165, 1.54) is 12.1 Å².